The van der Waals surface area contributed by atoms with Crippen molar-refractivity contribution >= 4 is 28.1 Å². The summed E-state index contributed by atoms with van der Waals surface area (Å²) in [5.41, 5.74) is 5.56. The lowest BCUT2D eigenvalue weighted by atomic mass is 10.1. The summed E-state index contributed by atoms with van der Waals surface area (Å²) in [7, 11) is 0. The summed E-state index contributed by atoms with van der Waals surface area (Å²) in [6, 6.07) is 10.6. The van der Waals surface area contributed by atoms with Crippen LogP contribution in [0.5, 0.6) is 5.75 Å². The highest BCUT2D eigenvalue weighted by molar-refractivity contribution is 9.10. The molecule has 0 heterocycles. The van der Waals surface area contributed by atoms with Crippen molar-refractivity contribution in [1.82, 2.24) is 5.43 Å². The zero-order valence-electron chi connectivity index (χ0n) is 11.7. The first-order valence-electron chi connectivity index (χ1n) is 6.36. The second-order valence-electron chi connectivity index (χ2n) is 4.72. The topological polar surface area (TPSA) is 61.7 Å². The van der Waals surface area contributed by atoms with Crippen molar-refractivity contribution in [3.05, 3.63) is 63.1 Å². The Labute approximate surface area is 131 Å². The van der Waals surface area contributed by atoms with E-state index in [1.807, 2.05) is 26.0 Å². The van der Waals surface area contributed by atoms with Crippen LogP contribution in [0, 0.1) is 13.8 Å². The molecule has 0 saturated heterocycles. The molecule has 2 aromatic carbocycles. The third-order valence-electron chi connectivity index (χ3n) is 2.99. The van der Waals surface area contributed by atoms with Gasteiger partial charge in [-0.1, -0.05) is 33.6 Å². The van der Waals surface area contributed by atoms with Crippen molar-refractivity contribution in [2.45, 2.75) is 13.8 Å². The van der Waals surface area contributed by atoms with Crippen molar-refractivity contribution in [3.8, 4) is 5.75 Å². The predicted octanol–water partition coefficient (Wildman–Crippen LogP) is 3.54. The number of nitrogens with zero attached hydrogens (tertiary/aromatic N) is 1. The number of phenolic OH excluding ortho intramolecular Hbond substituents is 1. The Kier molecular flexibility index (Phi) is 4.75. The average molecular weight is 347 g/mol. The number of hydrazone groups is 1. The fraction of sp³-hybridized carbons (Fsp3) is 0.125. The summed E-state index contributed by atoms with van der Waals surface area (Å²) in [6.45, 7) is 3.86. The molecule has 0 spiro atoms. The third-order valence-corrected chi connectivity index (χ3v) is 3.48. The van der Waals surface area contributed by atoms with Gasteiger partial charge in [0.05, 0.1) is 6.21 Å². The maximum absolute atomic E-state index is 12.0. The van der Waals surface area contributed by atoms with Crippen molar-refractivity contribution in [2.75, 3.05) is 0 Å². The molecule has 108 valence electrons. The number of rotatable bonds is 3. The van der Waals surface area contributed by atoms with E-state index in [9.17, 15) is 9.90 Å². The lowest BCUT2D eigenvalue weighted by molar-refractivity contribution is 0.0954. The summed E-state index contributed by atoms with van der Waals surface area (Å²) in [5.74, 6) is -0.180. The van der Waals surface area contributed by atoms with Crippen LogP contribution in [0.1, 0.15) is 27.0 Å². The van der Waals surface area contributed by atoms with Gasteiger partial charge in [0.15, 0.2) is 0 Å². The molecule has 2 rings (SSSR count). The first kappa shape index (κ1) is 15.3. The van der Waals surface area contributed by atoms with Gasteiger partial charge in [0.25, 0.3) is 5.91 Å². The largest absolute Gasteiger partial charge is 0.507 e. The maximum Gasteiger partial charge on any atom is 0.271 e. The number of benzene rings is 2. The lowest BCUT2D eigenvalue weighted by Gasteiger charge is -2.05. The number of amides is 1. The number of carbonyl (C=O) groups excluding carboxylic acids is 1. The van der Waals surface area contributed by atoms with E-state index < -0.39 is 0 Å². The van der Waals surface area contributed by atoms with Crippen molar-refractivity contribution in [2.24, 2.45) is 5.10 Å². The molecule has 0 aliphatic rings. The van der Waals surface area contributed by atoms with Crippen LogP contribution in [0.2, 0.25) is 0 Å². The fourth-order valence-electron chi connectivity index (χ4n) is 1.92. The standard InChI is InChI=1S/C16H15BrN2O2/c1-10-3-5-14(11(2)7-10)16(21)19-18-9-12-8-13(17)4-6-15(12)20/h3-9,20H,1-2H3,(H,19,21)/b18-9+. The number of hydrogen-bond acceptors (Lipinski definition) is 3. The molecule has 0 unspecified atom stereocenters. The van der Waals surface area contributed by atoms with E-state index in [0.717, 1.165) is 15.6 Å². The summed E-state index contributed by atoms with van der Waals surface area (Å²) >= 11 is 3.31. The minimum atomic E-state index is -0.279. The first-order chi connectivity index (χ1) is 9.97. The fourth-order valence-corrected chi connectivity index (χ4v) is 2.30. The van der Waals surface area contributed by atoms with E-state index in [0.29, 0.717) is 11.1 Å². The smallest absolute Gasteiger partial charge is 0.271 e. The molecule has 0 saturated carbocycles. The molecular formula is C16H15BrN2O2. The van der Waals surface area contributed by atoms with Gasteiger partial charge in [-0.2, -0.15) is 5.10 Å². The number of halogens is 1. The summed E-state index contributed by atoms with van der Waals surface area (Å²) in [5, 5.41) is 13.5. The van der Waals surface area contributed by atoms with Crippen LogP contribution in [0.3, 0.4) is 0 Å². The first-order valence-corrected chi connectivity index (χ1v) is 7.16. The monoisotopic (exact) mass is 346 g/mol. The summed E-state index contributed by atoms with van der Waals surface area (Å²) in [4.78, 5) is 12.0. The minimum absolute atomic E-state index is 0.0997. The molecule has 0 aliphatic carbocycles. The Morgan fingerprint density at radius 2 is 2.00 bits per heavy atom. The predicted molar refractivity (Wildman–Crippen MR) is 86.8 cm³/mol. The van der Waals surface area contributed by atoms with Crippen LogP contribution >= 0.6 is 15.9 Å². The van der Waals surface area contributed by atoms with Gasteiger partial charge in [-0.05, 0) is 43.7 Å². The quantitative estimate of drug-likeness (QED) is 0.659. The van der Waals surface area contributed by atoms with E-state index in [1.165, 1.54) is 6.21 Å². The molecule has 2 aromatic rings. The zero-order chi connectivity index (χ0) is 15.4. The second-order valence-corrected chi connectivity index (χ2v) is 5.64. The summed E-state index contributed by atoms with van der Waals surface area (Å²) < 4.78 is 0.822. The molecule has 0 atom stereocenters. The van der Waals surface area contributed by atoms with Crippen molar-refractivity contribution < 1.29 is 9.90 Å². The van der Waals surface area contributed by atoms with Gasteiger partial charge in [-0.3, -0.25) is 4.79 Å². The van der Waals surface area contributed by atoms with Gasteiger partial charge in [0, 0.05) is 15.6 Å². The zero-order valence-corrected chi connectivity index (χ0v) is 13.3. The van der Waals surface area contributed by atoms with Crippen LogP contribution in [0.15, 0.2) is 46.0 Å². The molecule has 21 heavy (non-hydrogen) atoms. The van der Waals surface area contributed by atoms with Gasteiger partial charge in [-0.15, -0.1) is 0 Å². The summed E-state index contributed by atoms with van der Waals surface area (Å²) in [6.07, 6.45) is 1.40. The van der Waals surface area contributed by atoms with Crippen molar-refractivity contribution in [3.63, 3.8) is 0 Å². The number of carbonyl (C=O) groups is 1. The molecule has 0 radical (unpaired) electrons. The van der Waals surface area contributed by atoms with Crippen molar-refractivity contribution in [1.29, 1.82) is 0 Å². The minimum Gasteiger partial charge on any atom is -0.507 e. The Hall–Kier alpha value is -2.14. The molecule has 5 heteroatoms. The average Bonchev–Trinajstić information content (AvgIpc) is 2.42. The van der Waals surface area contributed by atoms with Gasteiger partial charge >= 0.3 is 0 Å². The van der Waals surface area contributed by atoms with Gasteiger partial charge in [-0.25, -0.2) is 5.43 Å². The Bertz CT molecular complexity index is 711. The number of aromatic hydroxyl groups is 1. The van der Waals surface area contributed by atoms with E-state index >= 15 is 0 Å². The number of aryl methyl sites for hydroxylation is 2. The normalized spacial score (nSPS) is 10.8. The van der Waals surface area contributed by atoms with Gasteiger partial charge in [0.2, 0.25) is 0 Å². The highest BCUT2D eigenvalue weighted by Crippen LogP contribution is 2.20. The Morgan fingerprint density at radius 3 is 2.71 bits per heavy atom. The van der Waals surface area contributed by atoms with E-state index in [-0.39, 0.29) is 11.7 Å². The van der Waals surface area contributed by atoms with Crippen LogP contribution in [-0.4, -0.2) is 17.2 Å². The van der Waals surface area contributed by atoms with Crippen LogP contribution < -0.4 is 5.43 Å². The third kappa shape index (κ3) is 3.92. The molecule has 0 aromatic heterocycles. The Morgan fingerprint density at radius 1 is 1.24 bits per heavy atom. The van der Waals surface area contributed by atoms with Crippen LogP contribution in [0.4, 0.5) is 0 Å². The van der Waals surface area contributed by atoms with Crippen LogP contribution in [0.25, 0.3) is 0 Å². The molecule has 0 fully saturated rings. The molecular weight excluding hydrogens is 332 g/mol. The number of phenols is 1. The van der Waals surface area contributed by atoms with E-state index in [1.54, 1.807) is 24.3 Å². The van der Waals surface area contributed by atoms with Crippen LogP contribution in [-0.2, 0) is 0 Å². The lowest BCUT2D eigenvalue weighted by Crippen LogP contribution is -2.18. The molecule has 4 nitrogen and oxygen atoms in total. The molecule has 1 amide bonds. The Balaban J connectivity index is 2.10. The van der Waals surface area contributed by atoms with Gasteiger partial charge in [0.1, 0.15) is 5.75 Å². The van der Waals surface area contributed by atoms with E-state index in [2.05, 4.69) is 26.5 Å². The number of nitrogens with one attached hydrogen (secondary N) is 1. The molecule has 0 aliphatic heterocycles. The van der Waals surface area contributed by atoms with Gasteiger partial charge < -0.3 is 5.11 Å². The molecule has 2 N–H and O–H groups in total. The molecule has 0 bridgehead atoms. The highest BCUT2D eigenvalue weighted by atomic mass is 79.9. The van der Waals surface area contributed by atoms with E-state index in [4.69, 9.17) is 0 Å². The number of hydrogen-bond donors (Lipinski definition) is 2. The second kappa shape index (κ2) is 6.54. The maximum atomic E-state index is 12.0. The highest BCUT2D eigenvalue weighted by Gasteiger charge is 2.07. The SMILES string of the molecule is Cc1ccc(C(=O)N/N=C/c2cc(Br)ccc2O)c(C)c1.